The number of Topliss-reactive ketones (excluding diaryl/α,β-unsaturated/α-hetero) is 1. The maximum absolute atomic E-state index is 13.7. The third-order valence-corrected chi connectivity index (χ3v) is 6.95. The minimum absolute atomic E-state index is 0.0139. The number of nitrogens with zero attached hydrogens (tertiary/aromatic N) is 1. The van der Waals surface area contributed by atoms with Crippen LogP contribution < -0.4 is 9.47 Å². The maximum Gasteiger partial charge on any atom is 0.254 e. The van der Waals surface area contributed by atoms with Gasteiger partial charge in [-0.05, 0) is 48.4 Å². The maximum atomic E-state index is 13.7. The van der Waals surface area contributed by atoms with Crippen molar-refractivity contribution >= 4 is 23.3 Å². The number of rotatable bonds is 4. The summed E-state index contributed by atoms with van der Waals surface area (Å²) in [6, 6.07) is 23.2. The second-order valence-corrected chi connectivity index (χ2v) is 9.37. The summed E-state index contributed by atoms with van der Waals surface area (Å²) >= 11 is 0. The van der Waals surface area contributed by atoms with E-state index in [0.29, 0.717) is 49.2 Å². The first-order valence-corrected chi connectivity index (χ1v) is 12.0. The summed E-state index contributed by atoms with van der Waals surface area (Å²) in [6.07, 6.45) is 3.55. The Morgan fingerprint density at radius 3 is 2.40 bits per heavy atom. The molecule has 0 bridgehead atoms. The van der Waals surface area contributed by atoms with E-state index >= 15 is 0 Å². The Labute approximate surface area is 206 Å². The number of fused-ring (bicyclic) bond motifs is 1. The number of carbonyl (C=O) groups is 2. The predicted octanol–water partition coefficient (Wildman–Crippen LogP) is 5.57. The molecule has 1 fully saturated rings. The Kier molecular flexibility index (Phi) is 6.16. The highest BCUT2D eigenvalue weighted by Gasteiger charge is 2.44. The van der Waals surface area contributed by atoms with E-state index in [4.69, 9.17) is 9.47 Å². The summed E-state index contributed by atoms with van der Waals surface area (Å²) in [5.41, 5.74) is 3.63. The van der Waals surface area contributed by atoms with Crippen LogP contribution in [0.5, 0.6) is 11.5 Å². The van der Waals surface area contributed by atoms with Crippen LogP contribution in [0.2, 0.25) is 0 Å². The average molecular weight is 468 g/mol. The van der Waals surface area contributed by atoms with Crippen LogP contribution >= 0.6 is 0 Å². The van der Waals surface area contributed by atoms with E-state index in [0.717, 1.165) is 22.4 Å². The summed E-state index contributed by atoms with van der Waals surface area (Å²) in [7, 11) is 1.64. The zero-order valence-electron chi connectivity index (χ0n) is 20.1. The molecule has 0 aliphatic carbocycles. The van der Waals surface area contributed by atoms with Gasteiger partial charge in [-0.2, -0.15) is 0 Å². The number of methoxy groups -OCH3 is 1. The van der Waals surface area contributed by atoms with Crippen LogP contribution in [0.3, 0.4) is 0 Å². The number of hydrogen-bond acceptors (Lipinski definition) is 4. The zero-order chi connectivity index (χ0) is 24.4. The molecule has 3 aromatic rings. The van der Waals surface area contributed by atoms with Gasteiger partial charge in [0.15, 0.2) is 5.78 Å². The first-order chi connectivity index (χ1) is 17.0. The quantitative estimate of drug-likeness (QED) is 0.372. The molecule has 0 saturated carbocycles. The first kappa shape index (κ1) is 22.9. The van der Waals surface area contributed by atoms with Crippen molar-refractivity contribution in [3.63, 3.8) is 0 Å². The molecule has 0 atom stereocenters. The van der Waals surface area contributed by atoms with Gasteiger partial charge in [0, 0.05) is 31.5 Å². The zero-order valence-corrected chi connectivity index (χ0v) is 20.1. The monoisotopic (exact) mass is 467 g/mol. The number of aryl methyl sites for hydroxylation is 1. The molecule has 2 heterocycles. The highest BCUT2D eigenvalue weighted by molar-refractivity contribution is 6.24. The van der Waals surface area contributed by atoms with Gasteiger partial charge in [0.05, 0.1) is 19.1 Å². The predicted molar refractivity (Wildman–Crippen MR) is 137 cm³/mol. The standard InChI is InChI=1S/C30H29NO4/c1-21-8-13-28-26(18-21)27(32)20-30(35-28)14-16-31(17-15-30)29(33)25(23-6-4-3-5-7-23)19-22-9-11-24(34-2)12-10-22/h3-13,18-19H,14-17,20H2,1-2H3/b25-19+. The molecule has 2 aliphatic heterocycles. The van der Waals surface area contributed by atoms with Crippen LogP contribution in [0.1, 0.15) is 46.3 Å². The third kappa shape index (κ3) is 4.72. The van der Waals surface area contributed by atoms with Gasteiger partial charge >= 0.3 is 0 Å². The van der Waals surface area contributed by atoms with Crippen LogP contribution in [0, 0.1) is 6.92 Å². The van der Waals surface area contributed by atoms with E-state index in [9.17, 15) is 9.59 Å². The second-order valence-electron chi connectivity index (χ2n) is 9.37. The van der Waals surface area contributed by atoms with E-state index in [1.165, 1.54) is 0 Å². The van der Waals surface area contributed by atoms with Crippen molar-refractivity contribution in [2.45, 2.75) is 31.8 Å². The van der Waals surface area contributed by atoms with E-state index in [-0.39, 0.29) is 11.7 Å². The fourth-order valence-electron chi connectivity index (χ4n) is 4.93. The lowest BCUT2D eigenvalue weighted by Gasteiger charge is -2.44. The third-order valence-electron chi connectivity index (χ3n) is 6.95. The van der Waals surface area contributed by atoms with Crippen molar-refractivity contribution < 1.29 is 19.1 Å². The fraction of sp³-hybridized carbons (Fsp3) is 0.267. The summed E-state index contributed by atoms with van der Waals surface area (Å²) in [6.45, 7) is 3.06. The van der Waals surface area contributed by atoms with Crippen LogP contribution in [-0.2, 0) is 4.79 Å². The van der Waals surface area contributed by atoms with Crippen molar-refractivity contribution in [3.8, 4) is 11.5 Å². The summed E-state index contributed by atoms with van der Waals surface area (Å²) in [4.78, 5) is 28.5. The molecule has 0 radical (unpaired) electrons. The fourth-order valence-corrected chi connectivity index (χ4v) is 4.93. The van der Waals surface area contributed by atoms with E-state index in [1.54, 1.807) is 7.11 Å². The molecule has 3 aromatic carbocycles. The van der Waals surface area contributed by atoms with Crippen LogP contribution in [0.4, 0.5) is 0 Å². The Hall–Kier alpha value is -3.86. The molecule has 35 heavy (non-hydrogen) atoms. The highest BCUT2D eigenvalue weighted by atomic mass is 16.5. The second kappa shape index (κ2) is 9.41. The lowest BCUT2D eigenvalue weighted by Crippen LogP contribution is -2.52. The lowest BCUT2D eigenvalue weighted by atomic mass is 9.82. The van der Waals surface area contributed by atoms with Crippen LogP contribution in [0.15, 0.2) is 72.8 Å². The van der Waals surface area contributed by atoms with E-state index < -0.39 is 5.60 Å². The molecular formula is C30H29NO4. The summed E-state index contributed by atoms with van der Waals surface area (Å²) in [5.74, 6) is 1.55. The SMILES string of the molecule is COc1ccc(/C=C(/C(=O)N2CCC3(CC2)CC(=O)c2cc(C)ccc2O3)c2ccccc2)cc1. The molecule has 5 nitrogen and oxygen atoms in total. The van der Waals surface area contributed by atoms with Crippen molar-refractivity contribution in [1.29, 1.82) is 0 Å². The normalized spacial score (nSPS) is 17.0. The van der Waals surface area contributed by atoms with Gasteiger partial charge in [0.2, 0.25) is 0 Å². The number of benzene rings is 3. The first-order valence-electron chi connectivity index (χ1n) is 12.0. The molecule has 0 unspecified atom stereocenters. The number of ketones is 1. The molecule has 5 rings (SSSR count). The molecule has 178 valence electrons. The molecule has 0 aromatic heterocycles. The summed E-state index contributed by atoms with van der Waals surface area (Å²) < 4.78 is 11.7. The van der Waals surface area contributed by atoms with Crippen molar-refractivity contribution in [3.05, 3.63) is 95.1 Å². The Morgan fingerprint density at radius 2 is 1.71 bits per heavy atom. The smallest absolute Gasteiger partial charge is 0.254 e. The Morgan fingerprint density at radius 1 is 1.00 bits per heavy atom. The van der Waals surface area contributed by atoms with Crippen LogP contribution in [-0.4, -0.2) is 42.4 Å². The highest BCUT2D eigenvalue weighted by Crippen LogP contribution is 2.40. The number of piperidine rings is 1. The van der Waals surface area contributed by atoms with Gasteiger partial charge in [-0.25, -0.2) is 0 Å². The Balaban J connectivity index is 1.36. The van der Waals surface area contributed by atoms with Crippen LogP contribution in [0.25, 0.3) is 11.6 Å². The van der Waals surface area contributed by atoms with Gasteiger partial charge in [-0.3, -0.25) is 9.59 Å². The largest absolute Gasteiger partial charge is 0.497 e. The number of hydrogen-bond donors (Lipinski definition) is 0. The van der Waals surface area contributed by atoms with E-state index in [1.807, 2.05) is 90.7 Å². The minimum Gasteiger partial charge on any atom is -0.497 e. The summed E-state index contributed by atoms with van der Waals surface area (Å²) in [5, 5.41) is 0. The average Bonchev–Trinajstić information content (AvgIpc) is 2.89. The molecule has 1 amide bonds. The van der Waals surface area contributed by atoms with Gasteiger partial charge in [0.1, 0.15) is 17.1 Å². The van der Waals surface area contributed by atoms with Crippen molar-refractivity contribution in [2.24, 2.45) is 0 Å². The molecule has 0 N–H and O–H groups in total. The number of amides is 1. The molecule has 5 heteroatoms. The van der Waals surface area contributed by atoms with Gasteiger partial charge in [-0.15, -0.1) is 0 Å². The molecular weight excluding hydrogens is 438 g/mol. The van der Waals surface area contributed by atoms with Crippen molar-refractivity contribution in [1.82, 2.24) is 4.90 Å². The van der Waals surface area contributed by atoms with Gasteiger partial charge in [0.25, 0.3) is 5.91 Å². The number of likely N-dealkylation sites (tertiary alicyclic amines) is 1. The topological polar surface area (TPSA) is 55.8 Å². The molecule has 1 spiro atoms. The minimum atomic E-state index is -0.539. The number of carbonyl (C=O) groups excluding carboxylic acids is 2. The molecule has 2 aliphatic rings. The lowest BCUT2D eigenvalue weighted by molar-refractivity contribution is -0.128. The van der Waals surface area contributed by atoms with Crippen molar-refractivity contribution in [2.75, 3.05) is 20.2 Å². The van der Waals surface area contributed by atoms with Gasteiger partial charge < -0.3 is 14.4 Å². The van der Waals surface area contributed by atoms with Gasteiger partial charge in [-0.1, -0.05) is 54.1 Å². The number of ether oxygens (including phenoxy) is 2. The van der Waals surface area contributed by atoms with E-state index in [2.05, 4.69) is 0 Å². The Bertz CT molecular complexity index is 1270. The molecule has 1 saturated heterocycles.